The molecular formula is C13H19BN2O3. The molecule has 19 heavy (non-hydrogen) atoms. The minimum atomic E-state index is -0.626. The van der Waals surface area contributed by atoms with Crippen molar-refractivity contribution < 1.29 is 14.1 Å². The molecule has 5 nitrogen and oxygen atoms in total. The van der Waals surface area contributed by atoms with Crippen LogP contribution in [0.5, 0.6) is 0 Å². The zero-order chi connectivity index (χ0) is 14.3. The SMILES string of the molecule is CNC(=O)c1cccnc1B1OC(C)(C)C(C)(C)O1. The number of carbonyl (C=O) groups is 1. The highest BCUT2D eigenvalue weighted by Gasteiger charge is 2.53. The first-order valence-corrected chi connectivity index (χ1v) is 6.31. The summed E-state index contributed by atoms with van der Waals surface area (Å²) in [7, 11) is 0.960. The molecule has 0 spiro atoms. The Kier molecular flexibility index (Phi) is 3.41. The van der Waals surface area contributed by atoms with Crippen LogP contribution in [0.25, 0.3) is 0 Å². The molecule has 0 radical (unpaired) electrons. The molecule has 2 rings (SSSR count). The summed E-state index contributed by atoms with van der Waals surface area (Å²) in [5.74, 6) is -0.196. The minimum Gasteiger partial charge on any atom is -0.398 e. The number of hydrogen-bond donors (Lipinski definition) is 1. The first-order valence-electron chi connectivity index (χ1n) is 6.31. The number of pyridine rings is 1. The van der Waals surface area contributed by atoms with E-state index in [4.69, 9.17) is 9.31 Å². The van der Waals surface area contributed by atoms with Gasteiger partial charge in [-0.05, 0) is 39.8 Å². The van der Waals surface area contributed by atoms with Gasteiger partial charge < -0.3 is 14.6 Å². The Morgan fingerprint density at radius 1 is 1.26 bits per heavy atom. The van der Waals surface area contributed by atoms with E-state index in [9.17, 15) is 4.79 Å². The molecule has 1 N–H and O–H groups in total. The van der Waals surface area contributed by atoms with E-state index in [2.05, 4.69) is 10.3 Å². The van der Waals surface area contributed by atoms with Crippen molar-refractivity contribution in [2.45, 2.75) is 38.9 Å². The molecule has 1 aliphatic rings. The van der Waals surface area contributed by atoms with Crippen LogP contribution in [0.1, 0.15) is 38.1 Å². The number of rotatable bonds is 2. The van der Waals surface area contributed by atoms with Crippen LogP contribution >= 0.6 is 0 Å². The number of aromatic nitrogens is 1. The zero-order valence-electron chi connectivity index (χ0n) is 12.0. The molecule has 0 aliphatic carbocycles. The highest BCUT2D eigenvalue weighted by Crippen LogP contribution is 2.36. The second-order valence-corrected chi connectivity index (χ2v) is 5.60. The van der Waals surface area contributed by atoms with Gasteiger partial charge in [0.05, 0.1) is 22.4 Å². The molecule has 102 valence electrons. The Morgan fingerprint density at radius 2 is 1.84 bits per heavy atom. The average Bonchev–Trinajstić information content (AvgIpc) is 2.57. The molecule has 0 aromatic carbocycles. The van der Waals surface area contributed by atoms with Crippen LogP contribution in [0.4, 0.5) is 0 Å². The highest BCUT2D eigenvalue weighted by atomic mass is 16.7. The fourth-order valence-electron chi connectivity index (χ4n) is 1.89. The van der Waals surface area contributed by atoms with Gasteiger partial charge in [0, 0.05) is 13.2 Å². The summed E-state index contributed by atoms with van der Waals surface area (Å²) in [5.41, 5.74) is 0.0913. The Labute approximate surface area is 113 Å². The molecule has 0 atom stereocenters. The molecule has 1 amide bonds. The van der Waals surface area contributed by atoms with Crippen LogP contribution in [0, 0.1) is 0 Å². The van der Waals surface area contributed by atoms with Crippen LogP contribution < -0.4 is 10.9 Å². The number of nitrogens with one attached hydrogen (secondary N) is 1. The van der Waals surface area contributed by atoms with Gasteiger partial charge in [0.1, 0.15) is 0 Å². The summed E-state index contributed by atoms with van der Waals surface area (Å²) >= 11 is 0. The Bertz CT molecular complexity index is 486. The van der Waals surface area contributed by atoms with Gasteiger partial charge in [0.25, 0.3) is 5.91 Å². The molecule has 1 aromatic heterocycles. The highest BCUT2D eigenvalue weighted by molar-refractivity contribution is 6.62. The van der Waals surface area contributed by atoms with Gasteiger partial charge >= 0.3 is 7.12 Å². The fraction of sp³-hybridized carbons (Fsp3) is 0.538. The van der Waals surface area contributed by atoms with Crippen LogP contribution in [0.15, 0.2) is 18.3 Å². The second kappa shape index (κ2) is 4.61. The topological polar surface area (TPSA) is 60.5 Å². The molecule has 0 saturated carbocycles. The lowest BCUT2D eigenvalue weighted by molar-refractivity contribution is 0.00578. The minimum absolute atomic E-state index is 0.196. The van der Waals surface area contributed by atoms with Crippen molar-refractivity contribution in [1.82, 2.24) is 10.3 Å². The molecule has 6 heteroatoms. The molecule has 0 bridgehead atoms. The molecular weight excluding hydrogens is 243 g/mol. The molecule has 0 unspecified atom stereocenters. The van der Waals surface area contributed by atoms with E-state index in [0.29, 0.717) is 11.2 Å². The van der Waals surface area contributed by atoms with E-state index >= 15 is 0 Å². The smallest absolute Gasteiger partial charge is 0.398 e. The summed E-state index contributed by atoms with van der Waals surface area (Å²) in [4.78, 5) is 16.1. The van der Waals surface area contributed by atoms with Crippen molar-refractivity contribution in [2.75, 3.05) is 7.05 Å². The largest absolute Gasteiger partial charge is 0.515 e. The van der Waals surface area contributed by atoms with Crippen molar-refractivity contribution in [3.63, 3.8) is 0 Å². The van der Waals surface area contributed by atoms with Crippen LogP contribution in [-0.4, -0.2) is 36.3 Å². The van der Waals surface area contributed by atoms with Gasteiger partial charge in [-0.25, -0.2) is 0 Å². The van der Waals surface area contributed by atoms with E-state index < -0.39 is 18.3 Å². The first-order chi connectivity index (χ1) is 8.78. The third-order valence-corrected chi connectivity index (χ3v) is 3.79. The number of nitrogens with zero attached hydrogens (tertiary/aromatic N) is 1. The lowest BCUT2D eigenvalue weighted by Crippen LogP contribution is -2.41. The summed E-state index contributed by atoms with van der Waals surface area (Å²) in [6, 6.07) is 3.44. The standard InChI is InChI=1S/C13H19BN2O3/c1-12(2)13(3,4)19-14(18-12)10-9(11(17)15-5)7-6-8-16-10/h6-8H,1-5H3,(H,15,17). The molecule has 2 heterocycles. The Morgan fingerprint density at radius 3 is 2.37 bits per heavy atom. The van der Waals surface area contributed by atoms with E-state index in [1.165, 1.54) is 0 Å². The van der Waals surface area contributed by atoms with E-state index in [1.54, 1.807) is 25.4 Å². The third-order valence-electron chi connectivity index (χ3n) is 3.79. The Hall–Kier alpha value is -1.40. The summed E-state index contributed by atoms with van der Waals surface area (Å²) < 4.78 is 11.8. The summed E-state index contributed by atoms with van der Waals surface area (Å²) in [6.07, 6.45) is 1.63. The lowest BCUT2D eigenvalue weighted by Gasteiger charge is -2.32. The average molecular weight is 262 g/mol. The molecule has 1 saturated heterocycles. The third kappa shape index (κ3) is 2.38. The van der Waals surface area contributed by atoms with Gasteiger partial charge in [-0.1, -0.05) is 0 Å². The maximum atomic E-state index is 11.9. The summed E-state index contributed by atoms with van der Waals surface area (Å²) in [5, 5.41) is 2.60. The predicted octanol–water partition coefficient (Wildman–Crippen LogP) is 0.740. The van der Waals surface area contributed by atoms with E-state index in [1.807, 2.05) is 27.7 Å². The van der Waals surface area contributed by atoms with Crippen LogP contribution in [-0.2, 0) is 9.31 Å². The second-order valence-electron chi connectivity index (χ2n) is 5.60. The number of amides is 1. The summed E-state index contributed by atoms with van der Waals surface area (Å²) in [6.45, 7) is 7.87. The van der Waals surface area contributed by atoms with E-state index in [-0.39, 0.29) is 5.91 Å². The molecule has 1 aliphatic heterocycles. The lowest BCUT2D eigenvalue weighted by atomic mass is 9.80. The van der Waals surface area contributed by atoms with Gasteiger partial charge in [-0.15, -0.1) is 0 Å². The fourth-order valence-corrected chi connectivity index (χ4v) is 1.89. The molecule has 1 fully saturated rings. The van der Waals surface area contributed by atoms with Gasteiger partial charge in [0.2, 0.25) is 0 Å². The zero-order valence-corrected chi connectivity index (χ0v) is 12.0. The van der Waals surface area contributed by atoms with Gasteiger partial charge in [-0.2, -0.15) is 0 Å². The van der Waals surface area contributed by atoms with Crippen molar-refractivity contribution in [2.24, 2.45) is 0 Å². The van der Waals surface area contributed by atoms with Crippen LogP contribution in [0.2, 0.25) is 0 Å². The normalized spacial score (nSPS) is 20.4. The quantitative estimate of drug-likeness (QED) is 0.798. The molecule has 1 aromatic rings. The van der Waals surface area contributed by atoms with Crippen LogP contribution in [0.3, 0.4) is 0 Å². The van der Waals surface area contributed by atoms with Gasteiger partial charge in [-0.3, -0.25) is 9.78 Å². The monoisotopic (exact) mass is 262 g/mol. The predicted molar refractivity (Wildman–Crippen MR) is 73.3 cm³/mol. The van der Waals surface area contributed by atoms with E-state index in [0.717, 1.165) is 0 Å². The Balaban J connectivity index is 2.37. The maximum absolute atomic E-state index is 11.9. The van der Waals surface area contributed by atoms with Crippen molar-refractivity contribution in [1.29, 1.82) is 0 Å². The van der Waals surface area contributed by atoms with Crippen molar-refractivity contribution in [3.05, 3.63) is 23.9 Å². The maximum Gasteiger partial charge on any atom is 0.515 e. The van der Waals surface area contributed by atoms with Gasteiger partial charge in [0.15, 0.2) is 0 Å². The number of hydrogen-bond acceptors (Lipinski definition) is 4. The van der Waals surface area contributed by atoms with Crippen molar-refractivity contribution >= 4 is 18.6 Å². The first kappa shape index (κ1) is 14.0. The van der Waals surface area contributed by atoms with Crippen molar-refractivity contribution in [3.8, 4) is 0 Å². The number of carbonyl (C=O) groups excluding carboxylic acids is 1.